The van der Waals surface area contributed by atoms with Crippen molar-refractivity contribution in [3.63, 3.8) is 0 Å². The molecule has 142 valence electrons. The van der Waals surface area contributed by atoms with E-state index >= 15 is 0 Å². The monoisotopic (exact) mass is 367 g/mol. The zero-order chi connectivity index (χ0) is 18.6. The number of hydrogen-bond acceptors (Lipinski definition) is 6. The summed E-state index contributed by atoms with van der Waals surface area (Å²) in [6, 6.07) is 4.20. The van der Waals surface area contributed by atoms with Gasteiger partial charge in [0.25, 0.3) is 0 Å². The van der Waals surface area contributed by atoms with E-state index in [1.807, 2.05) is 29.7 Å². The van der Waals surface area contributed by atoms with Crippen molar-refractivity contribution in [2.75, 3.05) is 11.9 Å². The molecule has 1 aliphatic carbocycles. The quantitative estimate of drug-likeness (QED) is 0.695. The molecule has 7 heteroatoms. The molecule has 0 bridgehead atoms. The Hall–Kier alpha value is -2.67. The number of nitrogens with one attached hydrogen (secondary N) is 1. The Morgan fingerprint density at radius 2 is 2.11 bits per heavy atom. The first kappa shape index (κ1) is 17.7. The van der Waals surface area contributed by atoms with Gasteiger partial charge in [-0.2, -0.15) is 0 Å². The molecule has 0 spiro atoms. The van der Waals surface area contributed by atoms with Gasteiger partial charge in [0, 0.05) is 18.3 Å². The summed E-state index contributed by atoms with van der Waals surface area (Å²) in [5.41, 5.74) is 2.42. The van der Waals surface area contributed by atoms with Crippen LogP contribution in [-0.4, -0.2) is 43.2 Å². The number of anilines is 1. The van der Waals surface area contributed by atoms with Crippen molar-refractivity contribution in [2.45, 2.75) is 51.2 Å². The van der Waals surface area contributed by atoms with E-state index in [2.05, 4.69) is 15.3 Å². The van der Waals surface area contributed by atoms with Crippen LogP contribution in [-0.2, 0) is 0 Å². The van der Waals surface area contributed by atoms with Gasteiger partial charge in [-0.15, -0.1) is 0 Å². The van der Waals surface area contributed by atoms with Crippen molar-refractivity contribution in [3.05, 3.63) is 36.9 Å². The topological polar surface area (TPSA) is 84.6 Å². The fourth-order valence-corrected chi connectivity index (χ4v) is 3.51. The van der Waals surface area contributed by atoms with Crippen LogP contribution in [0.15, 0.2) is 36.9 Å². The maximum Gasteiger partial charge on any atom is 0.145 e. The smallest absolute Gasteiger partial charge is 0.145 e. The van der Waals surface area contributed by atoms with E-state index < -0.39 is 0 Å². The Labute approximate surface area is 158 Å². The zero-order valence-electron chi connectivity index (χ0n) is 15.5. The van der Waals surface area contributed by atoms with Gasteiger partial charge in [0.15, 0.2) is 0 Å². The van der Waals surface area contributed by atoms with Crippen molar-refractivity contribution in [1.82, 2.24) is 19.4 Å². The molecule has 1 saturated carbocycles. The highest BCUT2D eigenvalue weighted by molar-refractivity contribution is 5.61. The first-order chi connectivity index (χ1) is 13.2. The summed E-state index contributed by atoms with van der Waals surface area (Å²) < 4.78 is 7.61. The third-order valence-corrected chi connectivity index (χ3v) is 4.93. The number of aliphatic hydroxyl groups is 1. The lowest BCUT2D eigenvalue weighted by atomic mass is 9.95. The molecule has 1 aliphatic rings. The molecule has 1 atom stereocenters. The first-order valence-corrected chi connectivity index (χ1v) is 9.56. The van der Waals surface area contributed by atoms with Crippen molar-refractivity contribution in [3.8, 4) is 17.1 Å². The minimum absolute atomic E-state index is 0.0265. The molecule has 7 nitrogen and oxygen atoms in total. The Morgan fingerprint density at radius 1 is 1.26 bits per heavy atom. The Kier molecular flexibility index (Phi) is 5.20. The Balaban J connectivity index is 1.57. The highest BCUT2D eigenvalue weighted by Gasteiger charge is 2.15. The maximum absolute atomic E-state index is 9.14. The number of aromatic nitrogens is 4. The van der Waals surface area contributed by atoms with E-state index in [0.717, 1.165) is 22.9 Å². The third-order valence-electron chi connectivity index (χ3n) is 4.93. The van der Waals surface area contributed by atoms with Gasteiger partial charge in [-0.25, -0.2) is 9.97 Å². The van der Waals surface area contributed by atoms with E-state index in [1.165, 1.54) is 32.1 Å². The van der Waals surface area contributed by atoms with Crippen LogP contribution in [0.4, 0.5) is 5.82 Å². The van der Waals surface area contributed by atoms with Crippen LogP contribution in [0.3, 0.4) is 0 Å². The number of pyridine rings is 1. The molecule has 3 aromatic heterocycles. The number of nitrogens with zero attached hydrogens (tertiary/aromatic N) is 4. The normalized spacial score (nSPS) is 16.4. The molecule has 2 N–H and O–H groups in total. The van der Waals surface area contributed by atoms with Crippen LogP contribution in [0.1, 0.15) is 39.0 Å². The van der Waals surface area contributed by atoms with Crippen LogP contribution in [0.25, 0.3) is 17.0 Å². The predicted molar refractivity (Wildman–Crippen MR) is 104 cm³/mol. The molecular weight excluding hydrogens is 342 g/mol. The standard InChI is InChI=1S/C20H25N5O2/c1-14(13-26)27-16-7-8-25-18(11-22-20(25)9-16)17-10-21-12-19(24-17)23-15-5-3-2-4-6-15/h7-12,14-15,26H,2-6,13H2,1H3,(H,23,24)/t14-/m0/s1. The lowest BCUT2D eigenvalue weighted by molar-refractivity contribution is 0.130. The summed E-state index contributed by atoms with van der Waals surface area (Å²) in [6.45, 7) is 1.79. The summed E-state index contributed by atoms with van der Waals surface area (Å²) in [6.07, 6.45) is 13.2. The van der Waals surface area contributed by atoms with Crippen molar-refractivity contribution < 1.29 is 9.84 Å². The average Bonchev–Trinajstić information content (AvgIpc) is 3.12. The maximum atomic E-state index is 9.14. The molecule has 0 aromatic carbocycles. The molecule has 1 fully saturated rings. The van der Waals surface area contributed by atoms with Crippen LogP contribution >= 0.6 is 0 Å². The lowest BCUT2D eigenvalue weighted by Crippen LogP contribution is -2.22. The fraction of sp³-hybridized carbons (Fsp3) is 0.450. The van der Waals surface area contributed by atoms with E-state index in [4.69, 9.17) is 14.8 Å². The van der Waals surface area contributed by atoms with E-state index in [-0.39, 0.29) is 12.7 Å². The molecule has 0 unspecified atom stereocenters. The van der Waals surface area contributed by atoms with Crippen LogP contribution in [0, 0.1) is 0 Å². The van der Waals surface area contributed by atoms with Gasteiger partial charge in [0.05, 0.1) is 30.9 Å². The minimum atomic E-state index is -0.254. The van der Waals surface area contributed by atoms with Crippen molar-refractivity contribution >= 4 is 11.5 Å². The number of ether oxygens (including phenoxy) is 1. The Morgan fingerprint density at radius 3 is 2.93 bits per heavy atom. The number of aliphatic hydroxyl groups excluding tert-OH is 1. The second-order valence-electron chi connectivity index (χ2n) is 7.11. The minimum Gasteiger partial charge on any atom is -0.488 e. The average molecular weight is 367 g/mol. The molecule has 3 heterocycles. The summed E-state index contributed by atoms with van der Waals surface area (Å²) >= 11 is 0. The second kappa shape index (κ2) is 7.92. The van der Waals surface area contributed by atoms with Gasteiger partial charge >= 0.3 is 0 Å². The van der Waals surface area contributed by atoms with Crippen LogP contribution < -0.4 is 10.1 Å². The summed E-state index contributed by atoms with van der Waals surface area (Å²) in [5.74, 6) is 1.49. The SMILES string of the molecule is C[C@@H](CO)Oc1ccn2c(-c3cncc(NC4CCCCC4)n3)cnc2c1. The predicted octanol–water partition coefficient (Wildman–Crippen LogP) is 3.30. The van der Waals surface area contributed by atoms with E-state index in [9.17, 15) is 0 Å². The van der Waals surface area contributed by atoms with Crippen LogP contribution in [0.2, 0.25) is 0 Å². The number of hydrogen-bond donors (Lipinski definition) is 2. The molecule has 0 aliphatic heterocycles. The van der Waals surface area contributed by atoms with Gasteiger partial charge in [0.2, 0.25) is 0 Å². The molecule has 3 aromatic rings. The molecule has 27 heavy (non-hydrogen) atoms. The molecular formula is C20H25N5O2. The summed E-state index contributed by atoms with van der Waals surface area (Å²) in [5, 5.41) is 12.7. The van der Waals surface area contributed by atoms with E-state index in [0.29, 0.717) is 11.8 Å². The highest BCUT2D eigenvalue weighted by Crippen LogP contribution is 2.24. The van der Waals surface area contributed by atoms with Gasteiger partial charge < -0.3 is 15.2 Å². The number of fused-ring (bicyclic) bond motifs is 1. The third kappa shape index (κ3) is 4.03. The summed E-state index contributed by atoms with van der Waals surface area (Å²) in [4.78, 5) is 13.6. The largest absolute Gasteiger partial charge is 0.488 e. The molecule has 0 saturated heterocycles. The van der Waals surface area contributed by atoms with E-state index in [1.54, 1.807) is 18.6 Å². The second-order valence-corrected chi connectivity index (χ2v) is 7.11. The first-order valence-electron chi connectivity index (χ1n) is 9.56. The van der Waals surface area contributed by atoms with Gasteiger partial charge in [0.1, 0.15) is 29.0 Å². The molecule has 0 amide bonds. The van der Waals surface area contributed by atoms with Gasteiger partial charge in [-0.3, -0.25) is 9.38 Å². The van der Waals surface area contributed by atoms with Crippen LogP contribution in [0.5, 0.6) is 5.75 Å². The van der Waals surface area contributed by atoms with Gasteiger partial charge in [-0.1, -0.05) is 19.3 Å². The highest BCUT2D eigenvalue weighted by atomic mass is 16.5. The Bertz CT molecular complexity index is 904. The zero-order valence-corrected chi connectivity index (χ0v) is 15.5. The summed E-state index contributed by atoms with van der Waals surface area (Å²) in [7, 11) is 0. The van der Waals surface area contributed by atoms with Gasteiger partial charge in [-0.05, 0) is 25.8 Å². The number of rotatable bonds is 6. The van der Waals surface area contributed by atoms with Crippen molar-refractivity contribution in [1.29, 1.82) is 0 Å². The lowest BCUT2D eigenvalue weighted by Gasteiger charge is -2.23. The van der Waals surface area contributed by atoms with Crippen molar-refractivity contribution in [2.24, 2.45) is 0 Å². The fourth-order valence-electron chi connectivity index (χ4n) is 3.51. The number of imidazole rings is 1. The molecule has 0 radical (unpaired) electrons. The molecule has 4 rings (SSSR count).